The summed E-state index contributed by atoms with van der Waals surface area (Å²) in [5.41, 5.74) is 6.84. The topological polar surface area (TPSA) is 47.7 Å². The highest BCUT2D eigenvalue weighted by atomic mass is 16.5. The molecule has 0 spiro atoms. The maximum Gasteiger partial charge on any atom is 0.161 e. The zero-order valence-corrected chi connectivity index (χ0v) is 13.0. The van der Waals surface area contributed by atoms with Gasteiger partial charge in [-0.25, -0.2) is 0 Å². The second kappa shape index (κ2) is 6.02. The lowest BCUT2D eigenvalue weighted by atomic mass is 9.95. The molecule has 1 unspecified atom stereocenters. The monoisotopic (exact) mass is 278 g/mol. The fourth-order valence-electron chi connectivity index (χ4n) is 2.56. The van der Waals surface area contributed by atoms with Gasteiger partial charge in [-0.3, -0.25) is 0 Å². The highest BCUT2D eigenvalue weighted by Gasteiger charge is 2.22. The molecule has 0 radical (unpaired) electrons. The Bertz CT molecular complexity index is 454. The molecule has 4 nitrogen and oxygen atoms in total. The van der Waals surface area contributed by atoms with Gasteiger partial charge < -0.3 is 20.1 Å². The van der Waals surface area contributed by atoms with Crippen LogP contribution in [0, 0.1) is 0 Å². The van der Waals surface area contributed by atoms with Gasteiger partial charge in [0.15, 0.2) is 11.5 Å². The number of hydrogen-bond donors (Lipinski definition) is 1. The number of nitrogens with zero attached hydrogens (tertiary/aromatic N) is 1. The SMILES string of the molecule is COc1ccc(C(C)(C)N)cc1OC1CCCN(C)C1. The summed E-state index contributed by atoms with van der Waals surface area (Å²) >= 11 is 0. The summed E-state index contributed by atoms with van der Waals surface area (Å²) in [6.07, 6.45) is 2.48. The smallest absolute Gasteiger partial charge is 0.161 e. The number of likely N-dealkylation sites (tertiary alicyclic amines) is 1. The van der Waals surface area contributed by atoms with Crippen molar-refractivity contribution < 1.29 is 9.47 Å². The quantitative estimate of drug-likeness (QED) is 0.918. The van der Waals surface area contributed by atoms with E-state index in [1.165, 1.54) is 6.42 Å². The highest BCUT2D eigenvalue weighted by Crippen LogP contribution is 2.33. The molecule has 1 fully saturated rings. The molecule has 20 heavy (non-hydrogen) atoms. The van der Waals surface area contributed by atoms with Gasteiger partial charge in [-0.2, -0.15) is 0 Å². The van der Waals surface area contributed by atoms with Crippen molar-refractivity contribution in [1.82, 2.24) is 4.90 Å². The van der Waals surface area contributed by atoms with E-state index < -0.39 is 0 Å². The first-order chi connectivity index (χ1) is 9.40. The van der Waals surface area contributed by atoms with Gasteiger partial charge >= 0.3 is 0 Å². The van der Waals surface area contributed by atoms with E-state index in [0.29, 0.717) is 0 Å². The normalized spacial score (nSPS) is 20.8. The number of piperidine rings is 1. The first-order valence-electron chi connectivity index (χ1n) is 7.23. The first kappa shape index (κ1) is 15.1. The van der Waals surface area contributed by atoms with Gasteiger partial charge in [0.1, 0.15) is 6.10 Å². The average molecular weight is 278 g/mol. The fourth-order valence-corrected chi connectivity index (χ4v) is 2.56. The molecule has 112 valence electrons. The van der Waals surface area contributed by atoms with Crippen molar-refractivity contribution in [3.05, 3.63) is 23.8 Å². The molecule has 0 bridgehead atoms. The second-order valence-electron chi connectivity index (χ2n) is 6.23. The van der Waals surface area contributed by atoms with Crippen LogP contribution in [0.5, 0.6) is 11.5 Å². The van der Waals surface area contributed by atoms with Crippen molar-refractivity contribution in [1.29, 1.82) is 0 Å². The van der Waals surface area contributed by atoms with Crippen molar-refractivity contribution >= 4 is 0 Å². The number of rotatable bonds is 4. The van der Waals surface area contributed by atoms with E-state index in [2.05, 4.69) is 11.9 Å². The Morgan fingerprint density at radius 2 is 2.05 bits per heavy atom. The minimum atomic E-state index is -0.381. The predicted octanol–water partition coefficient (Wildman–Crippen LogP) is 2.36. The van der Waals surface area contributed by atoms with E-state index in [4.69, 9.17) is 15.2 Å². The Morgan fingerprint density at radius 1 is 1.30 bits per heavy atom. The molecule has 0 aliphatic carbocycles. The molecule has 1 aliphatic rings. The largest absolute Gasteiger partial charge is 0.493 e. The van der Waals surface area contributed by atoms with Crippen LogP contribution in [0.15, 0.2) is 18.2 Å². The number of benzene rings is 1. The third-order valence-electron chi connectivity index (χ3n) is 3.78. The molecule has 1 atom stereocenters. The molecule has 0 saturated carbocycles. The summed E-state index contributed by atoms with van der Waals surface area (Å²) in [6.45, 7) is 6.09. The van der Waals surface area contributed by atoms with Crippen molar-refractivity contribution in [2.24, 2.45) is 5.73 Å². The third-order valence-corrected chi connectivity index (χ3v) is 3.78. The van der Waals surface area contributed by atoms with Gasteiger partial charge in [-0.05, 0) is 58.0 Å². The number of hydrogen-bond acceptors (Lipinski definition) is 4. The zero-order valence-electron chi connectivity index (χ0n) is 13.0. The van der Waals surface area contributed by atoms with E-state index >= 15 is 0 Å². The molecule has 2 N–H and O–H groups in total. The maximum absolute atomic E-state index is 6.17. The molecular formula is C16H26N2O2. The molecule has 1 saturated heterocycles. The van der Waals surface area contributed by atoms with Crippen molar-refractivity contribution in [3.63, 3.8) is 0 Å². The van der Waals surface area contributed by atoms with Crippen molar-refractivity contribution in [3.8, 4) is 11.5 Å². The van der Waals surface area contributed by atoms with Crippen molar-refractivity contribution in [2.45, 2.75) is 38.3 Å². The Morgan fingerprint density at radius 3 is 2.65 bits per heavy atom. The summed E-state index contributed by atoms with van der Waals surface area (Å²) in [5, 5.41) is 0. The summed E-state index contributed by atoms with van der Waals surface area (Å²) in [5.74, 6) is 1.56. The Labute approximate surface area is 121 Å². The lowest BCUT2D eigenvalue weighted by Crippen LogP contribution is -2.38. The Balaban J connectivity index is 2.20. The minimum absolute atomic E-state index is 0.221. The van der Waals surface area contributed by atoms with Crippen LogP contribution in [-0.2, 0) is 5.54 Å². The standard InChI is InChI=1S/C16H26N2O2/c1-16(2,17)12-7-8-14(19-4)15(10-12)20-13-6-5-9-18(3)11-13/h7-8,10,13H,5-6,9,11,17H2,1-4H3. The van der Waals surface area contributed by atoms with Gasteiger partial charge in [0, 0.05) is 12.1 Å². The lowest BCUT2D eigenvalue weighted by molar-refractivity contribution is 0.101. The number of nitrogens with two attached hydrogens (primary N) is 1. The molecule has 1 aromatic rings. The minimum Gasteiger partial charge on any atom is -0.493 e. The van der Waals surface area contributed by atoms with Crippen LogP contribution in [0.2, 0.25) is 0 Å². The summed E-state index contributed by atoms with van der Waals surface area (Å²) in [4.78, 5) is 2.30. The molecule has 0 amide bonds. The Hall–Kier alpha value is -1.26. The van der Waals surface area contributed by atoms with E-state index in [0.717, 1.165) is 36.6 Å². The molecule has 1 heterocycles. The third kappa shape index (κ3) is 3.64. The Kier molecular flexibility index (Phi) is 4.55. The lowest BCUT2D eigenvalue weighted by Gasteiger charge is -2.31. The molecule has 2 rings (SSSR count). The van der Waals surface area contributed by atoms with Crippen LogP contribution in [0.3, 0.4) is 0 Å². The van der Waals surface area contributed by atoms with E-state index in [-0.39, 0.29) is 11.6 Å². The first-order valence-corrected chi connectivity index (χ1v) is 7.23. The summed E-state index contributed by atoms with van der Waals surface area (Å²) < 4.78 is 11.6. The summed E-state index contributed by atoms with van der Waals surface area (Å²) in [7, 11) is 3.80. The van der Waals surface area contributed by atoms with Gasteiger partial charge in [0.05, 0.1) is 7.11 Å². The highest BCUT2D eigenvalue weighted by molar-refractivity contribution is 5.44. The van der Waals surface area contributed by atoms with Crippen LogP contribution in [-0.4, -0.2) is 38.3 Å². The second-order valence-corrected chi connectivity index (χ2v) is 6.23. The zero-order chi connectivity index (χ0) is 14.8. The molecular weight excluding hydrogens is 252 g/mol. The number of ether oxygens (including phenoxy) is 2. The van der Waals surface area contributed by atoms with Gasteiger partial charge in [0.2, 0.25) is 0 Å². The molecule has 4 heteroatoms. The van der Waals surface area contributed by atoms with Crippen LogP contribution in [0.25, 0.3) is 0 Å². The van der Waals surface area contributed by atoms with Crippen LogP contribution >= 0.6 is 0 Å². The van der Waals surface area contributed by atoms with E-state index in [9.17, 15) is 0 Å². The van der Waals surface area contributed by atoms with Crippen molar-refractivity contribution in [2.75, 3.05) is 27.2 Å². The average Bonchev–Trinajstić information content (AvgIpc) is 2.37. The fraction of sp³-hybridized carbons (Fsp3) is 0.625. The van der Waals surface area contributed by atoms with E-state index in [1.54, 1.807) is 7.11 Å². The summed E-state index contributed by atoms with van der Waals surface area (Å²) in [6, 6.07) is 5.94. The van der Waals surface area contributed by atoms with Crippen LogP contribution in [0.1, 0.15) is 32.3 Å². The van der Waals surface area contributed by atoms with Crippen LogP contribution < -0.4 is 15.2 Å². The molecule has 1 aromatic carbocycles. The van der Waals surface area contributed by atoms with Gasteiger partial charge in [0.25, 0.3) is 0 Å². The van der Waals surface area contributed by atoms with Crippen LogP contribution in [0.4, 0.5) is 0 Å². The predicted molar refractivity (Wildman–Crippen MR) is 81.4 cm³/mol. The van der Waals surface area contributed by atoms with E-state index in [1.807, 2.05) is 32.0 Å². The molecule has 1 aliphatic heterocycles. The number of likely N-dealkylation sites (N-methyl/N-ethyl adjacent to an activating group) is 1. The number of methoxy groups -OCH3 is 1. The molecule has 0 aromatic heterocycles. The maximum atomic E-state index is 6.17. The van der Waals surface area contributed by atoms with Gasteiger partial charge in [-0.1, -0.05) is 6.07 Å². The van der Waals surface area contributed by atoms with Gasteiger partial charge in [-0.15, -0.1) is 0 Å².